The highest BCUT2D eigenvalue weighted by molar-refractivity contribution is 6.35. The summed E-state index contributed by atoms with van der Waals surface area (Å²) in [5.74, 6) is 0.705. The molecule has 1 saturated carbocycles. The number of fused-ring (bicyclic) bond motifs is 3. The predicted molar refractivity (Wildman–Crippen MR) is 264 cm³/mol. The van der Waals surface area contributed by atoms with Crippen LogP contribution in [0.2, 0.25) is 15.1 Å². The second-order valence-corrected chi connectivity index (χ2v) is 19.0. The van der Waals surface area contributed by atoms with E-state index in [9.17, 15) is 33.6 Å². The van der Waals surface area contributed by atoms with Gasteiger partial charge in [0.15, 0.2) is 0 Å². The maximum atomic E-state index is 12.9. The number of pyridine rings is 3. The van der Waals surface area contributed by atoms with Gasteiger partial charge in [-0.2, -0.15) is 0 Å². The quantitative estimate of drug-likeness (QED) is 0.104. The number of carbonyl (C=O) groups is 4. The largest absolute Gasteiger partial charge is 0.384 e. The van der Waals surface area contributed by atoms with Crippen molar-refractivity contribution in [3.05, 3.63) is 119 Å². The second-order valence-electron chi connectivity index (χ2n) is 17.8. The van der Waals surface area contributed by atoms with Gasteiger partial charge in [-0.15, -0.1) is 0 Å². The van der Waals surface area contributed by atoms with E-state index in [-0.39, 0.29) is 95.6 Å². The van der Waals surface area contributed by atoms with Gasteiger partial charge < -0.3 is 48.7 Å². The van der Waals surface area contributed by atoms with E-state index >= 15 is 0 Å². The third-order valence-corrected chi connectivity index (χ3v) is 11.9. The van der Waals surface area contributed by atoms with Crippen molar-refractivity contribution in [2.24, 2.45) is 5.92 Å². The first-order chi connectivity index (χ1) is 33.3. The average molecular weight is 1030 g/mol. The molecule has 11 N–H and O–H groups in total. The average Bonchev–Trinajstić information content (AvgIpc) is 3.99. The number of nitrogens with one attached hydrogen (secondary N) is 7. The topological polar surface area (TPSA) is 348 Å². The molecule has 0 aromatic carbocycles. The highest BCUT2D eigenvalue weighted by Crippen LogP contribution is 2.33. The molecule has 10 rings (SSSR count). The highest BCUT2D eigenvalue weighted by atomic mass is 35.5. The van der Waals surface area contributed by atoms with Gasteiger partial charge in [0.2, 0.25) is 5.91 Å². The van der Waals surface area contributed by atoms with E-state index in [2.05, 4.69) is 67.1 Å². The third-order valence-electron chi connectivity index (χ3n) is 11.1. The molecule has 28 heteroatoms. The molecule has 368 valence electrons. The summed E-state index contributed by atoms with van der Waals surface area (Å²) in [6.07, 6.45) is 5.61. The van der Waals surface area contributed by atoms with Crippen molar-refractivity contribution < 1.29 is 19.2 Å². The number of nitrogens with two attached hydrogens (primary N) is 2. The van der Waals surface area contributed by atoms with Gasteiger partial charge in [-0.1, -0.05) is 34.8 Å². The minimum absolute atomic E-state index is 0.0452. The fourth-order valence-corrected chi connectivity index (χ4v) is 8.64. The van der Waals surface area contributed by atoms with Crippen molar-refractivity contribution >= 4 is 110 Å². The first-order valence-electron chi connectivity index (χ1n) is 21.3. The highest BCUT2D eigenvalue weighted by Gasteiger charge is 2.41. The number of nitrogen functional groups attached to an aromatic ring is 2. The van der Waals surface area contributed by atoms with Gasteiger partial charge in [0.25, 0.3) is 34.4 Å². The maximum Gasteiger partial charge on any atom is 0.276 e. The van der Waals surface area contributed by atoms with E-state index in [4.69, 9.17) is 46.3 Å². The summed E-state index contributed by atoms with van der Waals surface area (Å²) in [4.78, 5) is 110. The molecular formula is C43H43Cl3N18O7. The number of carbonyl (C=O) groups excluding carboxylic acids is 4. The molecule has 6 aromatic heterocycles. The van der Waals surface area contributed by atoms with E-state index in [0.717, 1.165) is 12.8 Å². The molecular weight excluding hydrogens is 987 g/mol. The minimum atomic E-state index is -0.903. The fraction of sp³-hybridized carbons (Fsp3) is 0.279. The van der Waals surface area contributed by atoms with Crippen LogP contribution in [0.15, 0.2) is 69.8 Å². The molecule has 1 fully saturated rings. The Bertz CT molecular complexity index is 3280. The summed E-state index contributed by atoms with van der Waals surface area (Å²) < 4.78 is 3.96. The smallest absolute Gasteiger partial charge is 0.276 e. The summed E-state index contributed by atoms with van der Waals surface area (Å²) >= 11 is 18.5. The van der Waals surface area contributed by atoms with Crippen LogP contribution in [0, 0.1) is 5.92 Å². The van der Waals surface area contributed by atoms with Crippen LogP contribution in [0.25, 0.3) is 0 Å². The van der Waals surface area contributed by atoms with Crippen LogP contribution in [-0.4, -0.2) is 67.2 Å². The Kier molecular flexibility index (Phi) is 12.7. The van der Waals surface area contributed by atoms with Crippen LogP contribution in [0.5, 0.6) is 0 Å². The van der Waals surface area contributed by atoms with Crippen LogP contribution in [0.4, 0.5) is 52.0 Å². The lowest BCUT2D eigenvalue weighted by Gasteiger charge is -2.22. The van der Waals surface area contributed by atoms with E-state index in [0.29, 0.717) is 23.3 Å². The lowest BCUT2D eigenvalue weighted by atomic mass is 10.2. The zero-order valence-electron chi connectivity index (χ0n) is 38.4. The molecule has 4 aliphatic rings. The molecule has 0 spiro atoms. The van der Waals surface area contributed by atoms with E-state index in [1.54, 1.807) is 41.5 Å². The van der Waals surface area contributed by atoms with Gasteiger partial charge in [-0.05, 0) is 72.6 Å². The van der Waals surface area contributed by atoms with Gasteiger partial charge in [-0.25, -0.2) is 29.9 Å². The van der Waals surface area contributed by atoms with E-state index in [1.807, 2.05) is 0 Å². The molecule has 6 aromatic rings. The van der Waals surface area contributed by atoms with Crippen LogP contribution >= 0.6 is 34.8 Å². The SMILES string of the molecule is CC1(C)NC(=O)c2c(Cl)cc(Nc3cc(N)ncn3)c(=O)n21.CC1(C)NC(=O)c2c(Cl)cc(Nc3cc(N)ncn3)c(=O)n21.CC1(C)NC(=O)c2c(Cl)cc(Nc3cc(NC(=O)C4CC4)ncn3)c(=O)n21. The molecule has 0 saturated heterocycles. The Balaban J connectivity index is 0.000000144. The number of aromatic nitrogens is 9. The van der Waals surface area contributed by atoms with Gasteiger partial charge in [0.1, 0.15) is 105 Å². The van der Waals surface area contributed by atoms with Crippen LogP contribution in [0.1, 0.15) is 85.8 Å². The predicted octanol–water partition coefficient (Wildman–Crippen LogP) is 3.93. The van der Waals surface area contributed by atoms with Crippen LogP contribution in [-0.2, 0) is 21.8 Å². The fourth-order valence-electron chi connectivity index (χ4n) is 7.80. The number of nitrogens with zero attached hydrogens (tertiary/aromatic N) is 9. The van der Waals surface area contributed by atoms with Crippen molar-refractivity contribution in [1.29, 1.82) is 0 Å². The minimum Gasteiger partial charge on any atom is -0.384 e. The van der Waals surface area contributed by atoms with Crippen molar-refractivity contribution in [2.75, 3.05) is 32.7 Å². The van der Waals surface area contributed by atoms with Crippen molar-refractivity contribution in [3.63, 3.8) is 0 Å². The summed E-state index contributed by atoms with van der Waals surface area (Å²) in [5.41, 5.74) is 8.27. The van der Waals surface area contributed by atoms with E-state index < -0.39 is 28.5 Å². The maximum absolute atomic E-state index is 12.9. The Labute approximate surface area is 416 Å². The van der Waals surface area contributed by atoms with Crippen molar-refractivity contribution in [1.82, 2.24) is 59.6 Å². The number of anilines is 9. The number of hydrogen-bond donors (Lipinski definition) is 9. The Morgan fingerprint density at radius 3 is 1.15 bits per heavy atom. The lowest BCUT2D eigenvalue weighted by Crippen LogP contribution is -2.42. The summed E-state index contributed by atoms with van der Waals surface area (Å²) in [5, 5.41) is 19.9. The van der Waals surface area contributed by atoms with Gasteiger partial charge in [0, 0.05) is 24.1 Å². The molecule has 0 unspecified atom stereocenters. The first kappa shape index (κ1) is 49.3. The zero-order valence-corrected chi connectivity index (χ0v) is 40.6. The van der Waals surface area contributed by atoms with Crippen LogP contribution in [0.3, 0.4) is 0 Å². The van der Waals surface area contributed by atoms with E-state index in [1.165, 1.54) is 69.1 Å². The Hall–Kier alpha value is -8.16. The van der Waals surface area contributed by atoms with Crippen molar-refractivity contribution in [3.8, 4) is 0 Å². The van der Waals surface area contributed by atoms with Crippen molar-refractivity contribution in [2.45, 2.75) is 71.4 Å². The summed E-state index contributed by atoms with van der Waals surface area (Å²) in [7, 11) is 0. The second kappa shape index (κ2) is 18.3. The number of halogens is 3. The standard InChI is InChI=1S/C17H17ClN6O3.2C13H13ClN6O2/c1-17(2)23-15(26)13-9(18)5-10(16(27)24(13)17)21-11-6-12(20-7-19-11)22-14(25)8-3-4-8;2*1-13(2)19-11(21)10-6(14)3-7(12(22)20(10)13)18-9-4-8(15)16-5-17-9/h5-8H,3-4H2,1-2H3,(H,23,26)(H2,19,20,21,22,25);2*3-5H,1-2H3,(H,19,21)(H3,15,16,17,18). The molecule has 71 heavy (non-hydrogen) atoms. The third kappa shape index (κ3) is 9.86. The van der Waals surface area contributed by atoms with Gasteiger partial charge in [-0.3, -0.25) is 47.3 Å². The summed E-state index contributed by atoms with van der Waals surface area (Å²) in [6.45, 7) is 10.3. The zero-order chi connectivity index (χ0) is 51.5. The number of hydrogen-bond acceptors (Lipinski definition) is 18. The molecule has 0 bridgehead atoms. The normalized spacial score (nSPS) is 16.0. The Morgan fingerprint density at radius 1 is 0.521 bits per heavy atom. The molecule has 3 aliphatic heterocycles. The number of rotatable bonds is 8. The molecule has 9 heterocycles. The molecule has 0 radical (unpaired) electrons. The molecule has 0 atom stereocenters. The lowest BCUT2D eigenvalue weighted by molar-refractivity contribution is -0.117. The number of amides is 4. The molecule has 4 amide bonds. The van der Waals surface area contributed by atoms with Gasteiger partial charge >= 0.3 is 0 Å². The molecule has 1 aliphatic carbocycles. The Morgan fingerprint density at radius 2 is 0.831 bits per heavy atom. The summed E-state index contributed by atoms with van der Waals surface area (Å²) in [6, 6.07) is 8.69. The first-order valence-corrected chi connectivity index (χ1v) is 22.4. The monoisotopic (exact) mass is 1030 g/mol. The molecule has 25 nitrogen and oxygen atoms in total. The van der Waals surface area contributed by atoms with Crippen LogP contribution < -0.4 is 65.4 Å². The van der Waals surface area contributed by atoms with Gasteiger partial charge in [0.05, 0.1) is 15.1 Å².